The summed E-state index contributed by atoms with van der Waals surface area (Å²) in [5.41, 5.74) is 7.14. The fourth-order valence-electron chi connectivity index (χ4n) is 3.40. The highest BCUT2D eigenvalue weighted by molar-refractivity contribution is 7.86. The molecule has 0 saturated heterocycles. The molecule has 0 saturated carbocycles. The van der Waals surface area contributed by atoms with E-state index in [4.69, 9.17) is 5.73 Å². The van der Waals surface area contributed by atoms with Crippen molar-refractivity contribution in [2.75, 3.05) is 5.73 Å². The second-order valence-electron chi connectivity index (χ2n) is 6.94. The second kappa shape index (κ2) is 8.60. The molecular weight excluding hydrogens is 500 g/mol. The molecule has 0 atom stereocenters. The SMILES string of the molecule is N#Cc1c(N)sc(N=Nc2cc(S(=O)(=O)O)c3cccc(S(=O)(=O)O)c3c2)c1-c1ccccc1. The monoisotopic (exact) mass is 514 g/mol. The number of fused-ring (bicyclic) bond motifs is 1. The molecule has 4 rings (SSSR count). The van der Waals surface area contributed by atoms with Crippen molar-refractivity contribution in [2.24, 2.45) is 10.2 Å². The Labute approximate surface area is 198 Å². The van der Waals surface area contributed by atoms with E-state index in [1.54, 1.807) is 30.3 Å². The van der Waals surface area contributed by atoms with Crippen LogP contribution in [0, 0.1) is 11.3 Å². The smallest absolute Gasteiger partial charge is 0.295 e. The standard InChI is InChI=1S/C21H14N4O6S3/c22-11-16-19(12-5-2-1-3-6-12)21(32-20(16)23)25-24-13-9-15-14(18(10-13)34(29,30)31)7-4-8-17(15)33(26,27)28/h1-10H,23H2,(H,26,27,28)(H,29,30,31). The molecule has 0 fully saturated rings. The van der Waals surface area contributed by atoms with Crippen molar-refractivity contribution in [2.45, 2.75) is 9.79 Å². The van der Waals surface area contributed by atoms with E-state index in [0.717, 1.165) is 23.5 Å². The lowest BCUT2D eigenvalue weighted by molar-refractivity contribution is 0.481. The molecule has 0 aliphatic carbocycles. The van der Waals surface area contributed by atoms with Gasteiger partial charge < -0.3 is 5.73 Å². The van der Waals surface area contributed by atoms with Crippen molar-refractivity contribution in [3.63, 3.8) is 0 Å². The summed E-state index contributed by atoms with van der Waals surface area (Å²) in [5, 5.41) is 17.8. The molecule has 0 radical (unpaired) electrons. The zero-order chi connectivity index (χ0) is 24.7. The summed E-state index contributed by atoms with van der Waals surface area (Å²) >= 11 is 0.992. The van der Waals surface area contributed by atoms with Crippen molar-refractivity contribution in [1.82, 2.24) is 0 Å². The fraction of sp³-hybridized carbons (Fsp3) is 0. The minimum Gasteiger partial charge on any atom is -0.389 e. The lowest BCUT2D eigenvalue weighted by atomic mass is 10.0. The first-order chi connectivity index (χ1) is 16.0. The van der Waals surface area contributed by atoms with Gasteiger partial charge >= 0.3 is 0 Å². The topological polar surface area (TPSA) is 183 Å². The van der Waals surface area contributed by atoms with E-state index in [0.29, 0.717) is 11.1 Å². The van der Waals surface area contributed by atoms with Crippen LogP contribution in [0.15, 0.2) is 80.7 Å². The van der Waals surface area contributed by atoms with Gasteiger partial charge in [-0.1, -0.05) is 53.8 Å². The first-order valence-corrected chi connectivity index (χ1v) is 13.0. The van der Waals surface area contributed by atoms with Gasteiger partial charge in [0.1, 0.15) is 25.9 Å². The van der Waals surface area contributed by atoms with Crippen LogP contribution >= 0.6 is 11.3 Å². The number of azo groups is 1. The Bertz CT molecular complexity index is 1720. The summed E-state index contributed by atoms with van der Waals surface area (Å²) < 4.78 is 66.9. The maximum Gasteiger partial charge on any atom is 0.295 e. The predicted molar refractivity (Wildman–Crippen MR) is 127 cm³/mol. The van der Waals surface area contributed by atoms with Crippen LogP contribution < -0.4 is 5.73 Å². The number of nitrogen functional groups attached to an aromatic ring is 1. The number of hydrogen-bond donors (Lipinski definition) is 3. The Morgan fingerprint density at radius 3 is 2.15 bits per heavy atom. The number of hydrogen-bond acceptors (Lipinski definition) is 9. The van der Waals surface area contributed by atoms with Crippen LogP contribution in [0.2, 0.25) is 0 Å². The van der Waals surface area contributed by atoms with Gasteiger partial charge in [0.05, 0.1) is 11.3 Å². The summed E-state index contributed by atoms with van der Waals surface area (Å²) in [6, 6.07) is 16.7. The molecule has 0 spiro atoms. The molecule has 4 aromatic rings. The average molecular weight is 515 g/mol. The van der Waals surface area contributed by atoms with Crippen molar-refractivity contribution in [1.29, 1.82) is 5.26 Å². The summed E-state index contributed by atoms with van der Waals surface area (Å²) in [5.74, 6) is 0. The zero-order valence-corrected chi connectivity index (χ0v) is 19.4. The zero-order valence-electron chi connectivity index (χ0n) is 16.9. The van der Waals surface area contributed by atoms with E-state index in [2.05, 4.69) is 10.2 Å². The minimum atomic E-state index is -4.79. The van der Waals surface area contributed by atoms with Gasteiger partial charge in [-0.2, -0.15) is 22.1 Å². The highest BCUT2D eigenvalue weighted by atomic mass is 32.2. The molecule has 0 amide bonds. The van der Waals surface area contributed by atoms with Crippen LogP contribution in [0.25, 0.3) is 21.9 Å². The minimum absolute atomic E-state index is 0.124. The number of nitrogens with two attached hydrogens (primary N) is 1. The Morgan fingerprint density at radius 1 is 0.853 bits per heavy atom. The van der Waals surface area contributed by atoms with Crippen molar-refractivity contribution in [3.8, 4) is 17.2 Å². The van der Waals surface area contributed by atoms with Crippen LogP contribution in [0.5, 0.6) is 0 Å². The molecule has 10 nitrogen and oxygen atoms in total. The summed E-state index contributed by atoms with van der Waals surface area (Å²) in [4.78, 5) is -1.18. The molecule has 0 aliphatic heterocycles. The Hall–Kier alpha value is -3.67. The number of benzene rings is 3. The quantitative estimate of drug-likeness (QED) is 0.247. The highest BCUT2D eigenvalue weighted by Gasteiger charge is 2.22. The van der Waals surface area contributed by atoms with Crippen LogP contribution in [0.4, 0.5) is 15.7 Å². The van der Waals surface area contributed by atoms with Gasteiger partial charge in [0.2, 0.25) is 0 Å². The normalized spacial score (nSPS) is 12.3. The van der Waals surface area contributed by atoms with Crippen molar-refractivity contribution >= 4 is 58.0 Å². The Balaban J connectivity index is 1.95. The van der Waals surface area contributed by atoms with Gasteiger partial charge in [0, 0.05) is 16.3 Å². The molecule has 13 heteroatoms. The maximum absolute atomic E-state index is 12.0. The largest absolute Gasteiger partial charge is 0.389 e. The van der Waals surface area contributed by atoms with Crippen LogP contribution in [-0.4, -0.2) is 25.9 Å². The first-order valence-electron chi connectivity index (χ1n) is 9.32. The molecule has 0 bridgehead atoms. The van der Waals surface area contributed by atoms with Gasteiger partial charge in [-0.3, -0.25) is 9.11 Å². The first kappa shape index (κ1) is 23.5. The lowest BCUT2D eigenvalue weighted by Gasteiger charge is -2.08. The van der Waals surface area contributed by atoms with Crippen molar-refractivity contribution in [3.05, 3.63) is 66.2 Å². The summed E-state index contributed by atoms with van der Waals surface area (Å²) in [7, 11) is -9.52. The van der Waals surface area contributed by atoms with Crippen LogP contribution in [0.3, 0.4) is 0 Å². The highest BCUT2D eigenvalue weighted by Crippen LogP contribution is 2.45. The van der Waals surface area contributed by atoms with E-state index < -0.39 is 30.0 Å². The summed E-state index contributed by atoms with van der Waals surface area (Å²) in [6.07, 6.45) is 0. The second-order valence-corrected chi connectivity index (χ2v) is 10.8. The third-order valence-corrected chi connectivity index (χ3v) is 7.51. The van der Waals surface area contributed by atoms with E-state index >= 15 is 0 Å². The number of nitrogens with zero attached hydrogens (tertiary/aromatic N) is 3. The van der Waals surface area contributed by atoms with E-state index in [1.165, 1.54) is 18.2 Å². The summed E-state index contributed by atoms with van der Waals surface area (Å²) in [6.45, 7) is 0. The number of rotatable bonds is 5. The molecule has 0 unspecified atom stereocenters. The Kier molecular flexibility index (Phi) is 5.94. The number of nitriles is 1. The van der Waals surface area contributed by atoms with Crippen molar-refractivity contribution < 1.29 is 25.9 Å². The van der Waals surface area contributed by atoms with Gasteiger partial charge in [-0.15, -0.1) is 10.2 Å². The molecule has 4 N–H and O–H groups in total. The fourth-order valence-corrected chi connectivity index (χ4v) is 5.68. The average Bonchev–Trinajstić information content (AvgIpc) is 3.11. The number of thiophene rings is 1. The van der Waals surface area contributed by atoms with E-state index in [9.17, 15) is 31.2 Å². The number of anilines is 1. The van der Waals surface area contributed by atoms with Gasteiger partial charge in [0.25, 0.3) is 20.2 Å². The van der Waals surface area contributed by atoms with Gasteiger partial charge in [-0.05, 0) is 23.8 Å². The molecule has 0 aliphatic rings. The molecule has 34 heavy (non-hydrogen) atoms. The molecular formula is C21H14N4O6S3. The van der Waals surface area contributed by atoms with Crippen LogP contribution in [-0.2, 0) is 20.2 Å². The van der Waals surface area contributed by atoms with Gasteiger partial charge in [0.15, 0.2) is 0 Å². The van der Waals surface area contributed by atoms with E-state index in [-0.39, 0.29) is 32.0 Å². The molecule has 1 aromatic heterocycles. The molecule has 1 heterocycles. The third kappa shape index (κ3) is 4.40. The maximum atomic E-state index is 12.0. The Morgan fingerprint density at radius 2 is 1.53 bits per heavy atom. The van der Waals surface area contributed by atoms with E-state index in [1.807, 2.05) is 6.07 Å². The predicted octanol–water partition coefficient (Wildman–Crippen LogP) is 4.93. The van der Waals surface area contributed by atoms with Crippen LogP contribution in [0.1, 0.15) is 5.56 Å². The lowest BCUT2D eigenvalue weighted by Crippen LogP contribution is -2.03. The van der Waals surface area contributed by atoms with Gasteiger partial charge in [-0.25, -0.2) is 0 Å². The third-order valence-electron chi connectivity index (χ3n) is 4.81. The molecule has 3 aromatic carbocycles. The molecule has 172 valence electrons.